The van der Waals surface area contributed by atoms with Crippen molar-refractivity contribution in [2.45, 2.75) is 56.1 Å². The Bertz CT molecular complexity index is 1650. The minimum absolute atomic E-state index is 0.0557. The molecular formula is C31H37N5O8S. The summed E-state index contributed by atoms with van der Waals surface area (Å²) in [6.07, 6.45) is 2.24. The van der Waals surface area contributed by atoms with Gasteiger partial charge in [-0.3, -0.25) is 0 Å². The summed E-state index contributed by atoms with van der Waals surface area (Å²) >= 11 is 0. The van der Waals surface area contributed by atoms with Gasteiger partial charge in [-0.05, 0) is 66.9 Å². The highest BCUT2D eigenvalue weighted by Crippen LogP contribution is 2.49. The van der Waals surface area contributed by atoms with Crippen molar-refractivity contribution in [2.75, 3.05) is 33.1 Å². The summed E-state index contributed by atoms with van der Waals surface area (Å²) in [5, 5.41) is 19.8. The first kappa shape index (κ1) is 31.8. The molecule has 0 spiro atoms. The van der Waals surface area contributed by atoms with Crippen molar-refractivity contribution in [2.24, 2.45) is 10.1 Å². The van der Waals surface area contributed by atoms with Crippen LogP contribution in [-0.4, -0.2) is 76.4 Å². The highest BCUT2D eigenvalue weighted by molar-refractivity contribution is 7.91. The number of sulfone groups is 1. The lowest BCUT2D eigenvalue weighted by Crippen LogP contribution is -2.42. The lowest BCUT2D eigenvalue weighted by atomic mass is 9.95. The van der Waals surface area contributed by atoms with E-state index in [4.69, 9.17) is 14.2 Å². The van der Waals surface area contributed by atoms with Crippen molar-refractivity contribution in [3.05, 3.63) is 58.7 Å². The third-order valence-corrected chi connectivity index (χ3v) is 9.72. The number of ether oxygens (including phenoxy) is 3. The van der Waals surface area contributed by atoms with E-state index in [2.05, 4.69) is 26.2 Å². The van der Waals surface area contributed by atoms with E-state index in [0.29, 0.717) is 31.1 Å². The van der Waals surface area contributed by atoms with Crippen LogP contribution in [0.5, 0.6) is 11.5 Å². The predicted octanol–water partition coefficient (Wildman–Crippen LogP) is 3.04. The smallest absolute Gasteiger partial charge is 0.408 e. The number of carbonyl (C=O) groups excluding carboxylic acids is 1. The molecule has 14 heteroatoms. The van der Waals surface area contributed by atoms with Gasteiger partial charge in [0.1, 0.15) is 17.5 Å². The summed E-state index contributed by atoms with van der Waals surface area (Å²) in [7, 11) is -1.25. The number of aliphatic carboxylic acids is 1. The second-order valence-electron chi connectivity index (χ2n) is 10.8. The number of aliphatic imine (C=N–C) groups is 1. The number of nitrogens with one attached hydrogen (secondary N) is 3. The molecule has 0 fully saturated rings. The molecule has 3 aliphatic rings. The van der Waals surface area contributed by atoms with Gasteiger partial charge in [0, 0.05) is 12.1 Å². The monoisotopic (exact) mass is 639 g/mol. The fraction of sp³-hybridized carbons (Fsp3) is 0.419. The molecule has 0 bridgehead atoms. The van der Waals surface area contributed by atoms with Crippen LogP contribution >= 0.6 is 0 Å². The second-order valence-corrected chi connectivity index (χ2v) is 12.9. The summed E-state index contributed by atoms with van der Waals surface area (Å²) < 4.78 is 44.1. The maximum atomic E-state index is 13.8. The van der Waals surface area contributed by atoms with Gasteiger partial charge in [0.15, 0.2) is 21.3 Å². The van der Waals surface area contributed by atoms with Crippen LogP contribution in [0.2, 0.25) is 0 Å². The molecule has 4 N–H and O–H groups in total. The van der Waals surface area contributed by atoms with Crippen LogP contribution in [0.3, 0.4) is 0 Å². The average Bonchev–Trinajstić information content (AvgIpc) is 3.72. The fourth-order valence-corrected chi connectivity index (χ4v) is 7.37. The fourth-order valence-electron chi connectivity index (χ4n) is 5.82. The SMILES string of the molecule is COc1c(S(=O)(=O)CCC(NC(=O)OCc2ccccc2)C(=O)O)cc2c(c1OC)C1=C(CCC1)C(=NNC1=NCCN1)CC2. The molecule has 2 aromatic carbocycles. The molecule has 0 saturated carbocycles. The summed E-state index contributed by atoms with van der Waals surface area (Å²) in [5.41, 5.74) is 8.38. The van der Waals surface area contributed by atoms with Crippen LogP contribution in [0.15, 0.2) is 57.0 Å². The van der Waals surface area contributed by atoms with Gasteiger partial charge in [-0.2, -0.15) is 5.10 Å². The highest BCUT2D eigenvalue weighted by atomic mass is 32.2. The number of allylic oxidation sites excluding steroid dienone is 2. The van der Waals surface area contributed by atoms with E-state index in [-0.39, 0.29) is 17.3 Å². The molecule has 1 aliphatic heterocycles. The van der Waals surface area contributed by atoms with Gasteiger partial charge >= 0.3 is 12.1 Å². The Hall–Kier alpha value is -4.59. The van der Waals surface area contributed by atoms with Gasteiger partial charge in [-0.1, -0.05) is 30.3 Å². The number of aryl methyl sites for hydroxylation is 1. The third kappa shape index (κ3) is 7.22. The molecule has 2 aromatic rings. The lowest BCUT2D eigenvalue weighted by Gasteiger charge is -2.21. The summed E-state index contributed by atoms with van der Waals surface area (Å²) in [6, 6.07) is 9.01. The number of fused-ring (bicyclic) bond motifs is 2. The number of carboxylic acid groups (broad SMARTS) is 1. The first-order chi connectivity index (χ1) is 21.7. The number of nitrogens with zero attached hydrogens (tertiary/aromatic N) is 2. The van der Waals surface area contributed by atoms with Gasteiger partial charge in [-0.25, -0.2) is 28.4 Å². The molecular weight excluding hydrogens is 602 g/mol. The number of carboxylic acids is 1. The van der Waals surface area contributed by atoms with Gasteiger partial charge in [-0.15, -0.1) is 0 Å². The zero-order chi connectivity index (χ0) is 32.0. The van der Waals surface area contributed by atoms with E-state index < -0.39 is 40.1 Å². The zero-order valence-electron chi connectivity index (χ0n) is 25.2. The molecule has 5 rings (SSSR count). The van der Waals surface area contributed by atoms with Gasteiger partial charge < -0.3 is 30.0 Å². The predicted molar refractivity (Wildman–Crippen MR) is 167 cm³/mol. The highest BCUT2D eigenvalue weighted by Gasteiger charge is 2.34. The Balaban J connectivity index is 1.38. The van der Waals surface area contributed by atoms with Crippen LogP contribution in [-0.2, 0) is 32.4 Å². The molecule has 45 heavy (non-hydrogen) atoms. The average molecular weight is 640 g/mol. The number of hydrazone groups is 1. The number of hydrogen-bond donors (Lipinski definition) is 4. The summed E-state index contributed by atoms with van der Waals surface area (Å²) in [6.45, 7) is 1.38. The van der Waals surface area contributed by atoms with Crippen LogP contribution in [0.25, 0.3) is 5.57 Å². The number of rotatable bonds is 11. The zero-order valence-corrected chi connectivity index (χ0v) is 26.0. The van der Waals surface area contributed by atoms with E-state index in [1.54, 1.807) is 30.3 Å². The number of hydrogen-bond acceptors (Lipinski definition) is 11. The number of carbonyl (C=O) groups is 2. The Labute approximate surface area is 261 Å². The van der Waals surface area contributed by atoms with Crippen LogP contribution < -0.4 is 25.5 Å². The normalized spacial score (nSPS) is 17.4. The van der Waals surface area contributed by atoms with E-state index in [1.807, 2.05) is 6.07 Å². The molecule has 1 heterocycles. The minimum atomic E-state index is -4.10. The van der Waals surface area contributed by atoms with Crippen molar-refractivity contribution in [1.29, 1.82) is 0 Å². The van der Waals surface area contributed by atoms with Crippen LogP contribution in [0, 0.1) is 0 Å². The van der Waals surface area contributed by atoms with Gasteiger partial charge in [0.2, 0.25) is 5.96 Å². The van der Waals surface area contributed by atoms with E-state index >= 15 is 0 Å². The second kappa shape index (κ2) is 14.0. The number of methoxy groups -OCH3 is 2. The van der Waals surface area contributed by atoms with Crippen molar-refractivity contribution >= 4 is 39.1 Å². The first-order valence-electron chi connectivity index (χ1n) is 14.8. The maximum Gasteiger partial charge on any atom is 0.408 e. The summed E-state index contributed by atoms with van der Waals surface area (Å²) in [5.74, 6) is -0.957. The number of amides is 1. The molecule has 1 amide bonds. The van der Waals surface area contributed by atoms with Crippen LogP contribution in [0.4, 0.5) is 4.79 Å². The third-order valence-electron chi connectivity index (χ3n) is 7.98. The van der Waals surface area contributed by atoms with E-state index in [0.717, 1.165) is 59.4 Å². The quantitative estimate of drug-likeness (QED) is 0.267. The number of guanidine groups is 1. The van der Waals surface area contributed by atoms with Crippen molar-refractivity contribution in [3.63, 3.8) is 0 Å². The molecule has 0 aromatic heterocycles. The van der Waals surface area contributed by atoms with Crippen molar-refractivity contribution < 1.29 is 37.3 Å². The lowest BCUT2D eigenvalue weighted by molar-refractivity contribution is -0.139. The van der Waals surface area contributed by atoms with E-state index in [1.165, 1.54) is 14.2 Å². The van der Waals surface area contributed by atoms with Crippen LogP contribution in [0.1, 0.15) is 48.8 Å². The van der Waals surface area contributed by atoms with Gasteiger partial charge in [0.25, 0.3) is 0 Å². The molecule has 0 saturated heterocycles. The first-order valence-corrected chi connectivity index (χ1v) is 16.4. The molecule has 13 nitrogen and oxygen atoms in total. The Morgan fingerprint density at radius 3 is 2.51 bits per heavy atom. The Morgan fingerprint density at radius 2 is 1.82 bits per heavy atom. The molecule has 2 aliphatic carbocycles. The standard InChI is InChI=1S/C31H37N5O8S/c1-42-27-25(45(40,41)16-13-24(29(37)38)34-31(39)44-18-19-7-4-3-5-8-19)17-20-11-12-23(35-36-30-32-14-15-33-30)21-9-6-10-22(21)26(20)28(27)43-2/h3-5,7-8,17,24H,6,9-16,18H2,1-2H3,(H,34,39)(H,37,38)(H2,32,33,36). The minimum Gasteiger partial charge on any atom is -0.492 e. The van der Waals surface area contributed by atoms with Crippen molar-refractivity contribution in [3.8, 4) is 11.5 Å². The molecule has 1 unspecified atom stereocenters. The van der Waals surface area contributed by atoms with Crippen molar-refractivity contribution in [1.82, 2.24) is 16.1 Å². The van der Waals surface area contributed by atoms with E-state index in [9.17, 15) is 23.1 Å². The molecule has 1 atom stereocenters. The number of alkyl carbamates (subject to hydrolysis) is 1. The number of benzene rings is 2. The summed E-state index contributed by atoms with van der Waals surface area (Å²) in [4.78, 5) is 28.5. The molecule has 0 radical (unpaired) electrons. The topological polar surface area (TPSA) is 177 Å². The largest absolute Gasteiger partial charge is 0.492 e. The Morgan fingerprint density at radius 1 is 1.07 bits per heavy atom. The molecule has 240 valence electrons. The Kier molecular flexibility index (Phi) is 9.91. The maximum absolute atomic E-state index is 13.8. The van der Waals surface area contributed by atoms with Gasteiger partial charge in [0.05, 0.1) is 32.2 Å².